The summed E-state index contributed by atoms with van der Waals surface area (Å²) >= 11 is 0. The van der Waals surface area contributed by atoms with E-state index in [-0.39, 0.29) is 30.4 Å². The van der Waals surface area contributed by atoms with E-state index in [4.69, 9.17) is 14.0 Å². The van der Waals surface area contributed by atoms with Crippen molar-refractivity contribution in [1.82, 2.24) is 0 Å². The van der Waals surface area contributed by atoms with E-state index in [1.807, 2.05) is 0 Å². The molecule has 0 aromatic carbocycles. The molecule has 0 saturated carbocycles. The van der Waals surface area contributed by atoms with Crippen LogP contribution in [0.1, 0.15) is 0 Å². The molecule has 51 valence electrons. The maximum atomic E-state index is 7.50. The predicted molar refractivity (Wildman–Crippen MR) is 19.0 cm³/mol. The first kappa shape index (κ1) is 69.2. The summed E-state index contributed by atoms with van der Waals surface area (Å²) in [6, 6.07) is 0. The maximum absolute atomic E-state index is 7.50. The molecule has 9 heavy (non-hydrogen) atoms. The normalized spacial score (nSPS) is 0.667. The summed E-state index contributed by atoms with van der Waals surface area (Å²) in [5.41, 5.74) is 0. The summed E-state index contributed by atoms with van der Waals surface area (Å²) in [5, 5.41) is 0. The number of hydrogen-bond acceptors (Lipinski definition) is 0. The smallest absolute Gasteiger partial charge is 3.00 e. The van der Waals surface area contributed by atoms with E-state index >= 15 is 0 Å². The van der Waals surface area contributed by atoms with E-state index in [1.54, 1.807) is 0 Å². The van der Waals surface area contributed by atoms with Gasteiger partial charge in [0, 0.05) is 0 Å². The molecular formula is C3H4O5Ru+3. The van der Waals surface area contributed by atoms with Crippen LogP contribution in [0.3, 0.4) is 0 Å². The predicted octanol–water partition coefficient (Wildman–Crippen LogP) is -1.76. The van der Waals surface area contributed by atoms with E-state index in [2.05, 4.69) is 20.0 Å². The van der Waals surface area contributed by atoms with Crippen LogP contribution in [0.2, 0.25) is 0 Å². The topological polar surface area (TPSA) is 123 Å². The molecule has 0 spiro atoms. The van der Waals surface area contributed by atoms with E-state index in [0.717, 1.165) is 0 Å². The quantitative estimate of drug-likeness (QED) is 0.261. The average molecular weight is 221 g/mol. The molecule has 0 saturated heterocycles. The van der Waals surface area contributed by atoms with Crippen molar-refractivity contribution < 1.29 is 44.4 Å². The first-order valence-electron chi connectivity index (χ1n) is 0.612. The van der Waals surface area contributed by atoms with Gasteiger partial charge in [0.15, 0.2) is 0 Å². The zero-order valence-corrected chi connectivity index (χ0v) is 5.82. The molecule has 0 amide bonds. The SMILES string of the molecule is O.O.[C-]#[O+].[C-]#[O+].[C-]#[O+].[Ru+3]. The molecule has 0 aromatic heterocycles. The summed E-state index contributed by atoms with van der Waals surface area (Å²) in [6.45, 7) is 13.5. The molecule has 6 heteroatoms. The molecule has 5 nitrogen and oxygen atoms in total. The number of rotatable bonds is 0. The second-order valence-electron chi connectivity index (χ2n) is 0. The van der Waals surface area contributed by atoms with Gasteiger partial charge in [-0.1, -0.05) is 0 Å². The van der Waals surface area contributed by atoms with Gasteiger partial charge in [0.25, 0.3) is 0 Å². The zero-order chi connectivity index (χ0) is 6.00. The Hall–Kier alpha value is -0.237. The van der Waals surface area contributed by atoms with Crippen LogP contribution in [-0.2, 0) is 33.4 Å². The van der Waals surface area contributed by atoms with Crippen LogP contribution in [-0.4, -0.2) is 11.0 Å². The van der Waals surface area contributed by atoms with Gasteiger partial charge in [-0.3, -0.25) is 0 Å². The first-order chi connectivity index (χ1) is 3.00. The Morgan fingerprint density at radius 2 is 0.556 bits per heavy atom. The third-order valence-corrected chi connectivity index (χ3v) is 0. The number of hydrogen-bond donors (Lipinski definition) is 0. The van der Waals surface area contributed by atoms with Crippen molar-refractivity contribution in [2.75, 3.05) is 0 Å². The Morgan fingerprint density at radius 3 is 0.556 bits per heavy atom. The van der Waals surface area contributed by atoms with Crippen molar-refractivity contribution in [1.29, 1.82) is 0 Å². The van der Waals surface area contributed by atoms with E-state index in [9.17, 15) is 0 Å². The summed E-state index contributed by atoms with van der Waals surface area (Å²) < 4.78 is 22.5. The van der Waals surface area contributed by atoms with Gasteiger partial charge < -0.3 is 11.0 Å². The van der Waals surface area contributed by atoms with Crippen molar-refractivity contribution >= 4 is 0 Å². The largest absolute Gasteiger partial charge is 3.00 e. The summed E-state index contributed by atoms with van der Waals surface area (Å²) in [6.07, 6.45) is 0. The van der Waals surface area contributed by atoms with Crippen LogP contribution in [0.25, 0.3) is 0 Å². The monoisotopic (exact) mass is 222 g/mol. The Kier molecular flexibility index (Phi) is 48700. The van der Waals surface area contributed by atoms with Gasteiger partial charge in [-0.15, -0.1) is 0 Å². The van der Waals surface area contributed by atoms with Gasteiger partial charge in [-0.2, -0.15) is 0 Å². The minimum atomic E-state index is 0. The second-order valence-corrected chi connectivity index (χ2v) is 0. The Balaban J connectivity index is -0.00000000321. The first-order valence-corrected chi connectivity index (χ1v) is 0.612. The molecule has 0 aliphatic heterocycles. The van der Waals surface area contributed by atoms with Crippen LogP contribution in [0.4, 0.5) is 0 Å². The van der Waals surface area contributed by atoms with Gasteiger partial charge in [0.2, 0.25) is 0 Å². The summed E-state index contributed by atoms with van der Waals surface area (Å²) in [4.78, 5) is 0. The van der Waals surface area contributed by atoms with Gasteiger partial charge in [-0.25, -0.2) is 0 Å². The van der Waals surface area contributed by atoms with Crippen molar-refractivity contribution in [3.8, 4) is 0 Å². The molecule has 0 aliphatic carbocycles. The molecule has 0 aromatic rings. The molecule has 0 fully saturated rings. The van der Waals surface area contributed by atoms with Crippen molar-refractivity contribution in [3.63, 3.8) is 0 Å². The fourth-order valence-electron chi connectivity index (χ4n) is 0. The summed E-state index contributed by atoms with van der Waals surface area (Å²) in [5.74, 6) is 0. The van der Waals surface area contributed by atoms with Crippen LogP contribution in [0, 0.1) is 20.0 Å². The molecule has 0 heterocycles. The van der Waals surface area contributed by atoms with Crippen LogP contribution in [0.5, 0.6) is 0 Å². The van der Waals surface area contributed by atoms with Gasteiger partial charge in [-0.05, 0) is 0 Å². The van der Waals surface area contributed by atoms with E-state index in [1.165, 1.54) is 0 Å². The standard InChI is InChI=1S/3CO.2H2O.Ru/c3*1-2;;;/h;;;2*1H2;/q;;;;;+3. The third-order valence-electron chi connectivity index (χ3n) is 0. The molecule has 0 aliphatic rings. The molecular weight excluding hydrogens is 217 g/mol. The molecule has 4 N–H and O–H groups in total. The molecule has 0 bridgehead atoms. The van der Waals surface area contributed by atoms with Crippen LogP contribution >= 0.6 is 0 Å². The maximum Gasteiger partial charge on any atom is 3.00 e. The molecule has 0 atom stereocenters. The van der Waals surface area contributed by atoms with Crippen molar-refractivity contribution in [2.45, 2.75) is 0 Å². The fourth-order valence-corrected chi connectivity index (χ4v) is 0. The van der Waals surface area contributed by atoms with Crippen molar-refractivity contribution in [2.24, 2.45) is 0 Å². The Bertz CT molecular complexity index is 40.7. The van der Waals surface area contributed by atoms with Crippen LogP contribution < -0.4 is 0 Å². The van der Waals surface area contributed by atoms with Gasteiger partial charge >= 0.3 is 53.4 Å². The Labute approximate surface area is 65.0 Å². The average Bonchev–Trinajstić information content (AvgIpc) is 1.81. The van der Waals surface area contributed by atoms with Crippen molar-refractivity contribution in [3.05, 3.63) is 20.0 Å². The minimum absolute atomic E-state index is 0. The fraction of sp³-hybridized carbons (Fsp3) is 0. The Morgan fingerprint density at radius 1 is 0.556 bits per heavy atom. The third kappa shape index (κ3) is 4610. The van der Waals surface area contributed by atoms with E-state index in [0.29, 0.717) is 0 Å². The second kappa shape index (κ2) is 6340. The van der Waals surface area contributed by atoms with Gasteiger partial charge in [0.1, 0.15) is 0 Å². The minimum Gasteiger partial charge on any atom is 3.00 e. The molecule has 0 rings (SSSR count). The van der Waals surface area contributed by atoms with Crippen LogP contribution in [0.15, 0.2) is 0 Å². The summed E-state index contributed by atoms with van der Waals surface area (Å²) in [7, 11) is 0. The molecule has 1 radical (unpaired) electrons. The zero-order valence-electron chi connectivity index (χ0n) is 4.08. The molecule has 0 unspecified atom stereocenters. The van der Waals surface area contributed by atoms with Gasteiger partial charge in [0.05, 0.1) is 0 Å². The van der Waals surface area contributed by atoms with E-state index < -0.39 is 0 Å².